The topological polar surface area (TPSA) is 90.3 Å². The Hall–Kier alpha value is -2.32. The average Bonchev–Trinajstić information content (AvgIpc) is 2.93. The van der Waals surface area contributed by atoms with Gasteiger partial charge in [-0.1, -0.05) is 12.8 Å². The number of benzene rings is 2. The van der Waals surface area contributed by atoms with Gasteiger partial charge in [-0.05, 0) is 127 Å². The zero-order valence-electron chi connectivity index (χ0n) is 23.1. The summed E-state index contributed by atoms with van der Waals surface area (Å²) in [4.78, 5) is 29.2. The van der Waals surface area contributed by atoms with E-state index in [1.807, 2.05) is 0 Å². The average molecular weight is 594 g/mol. The Balaban J connectivity index is 0.00000220. The summed E-state index contributed by atoms with van der Waals surface area (Å²) in [5.74, 6) is -0.596. The molecule has 5 rings (SSSR count). The molecule has 2 aromatic rings. The minimum Gasteiger partial charge on any atom is -0.478 e. The molecule has 0 aliphatic carbocycles. The molecule has 0 aromatic heterocycles. The molecule has 0 saturated carbocycles. The normalized spacial score (nSPS) is 18.9. The number of halogens is 2. The number of carbonyl (C=O) groups is 2. The fourth-order valence-corrected chi connectivity index (χ4v) is 6.57. The zero-order valence-corrected chi connectivity index (χ0v) is 24.7. The van der Waals surface area contributed by atoms with Crippen molar-refractivity contribution in [2.24, 2.45) is 0 Å². The third-order valence-corrected chi connectivity index (χ3v) is 8.51. The van der Waals surface area contributed by atoms with E-state index < -0.39 is 11.9 Å². The first-order valence-corrected chi connectivity index (χ1v) is 14.4. The van der Waals surface area contributed by atoms with Crippen molar-refractivity contribution in [2.75, 3.05) is 39.3 Å². The van der Waals surface area contributed by atoms with Crippen molar-refractivity contribution >= 4 is 36.8 Å². The minimum absolute atomic E-state index is 0. The number of fused-ring (bicyclic) bond motifs is 2. The first-order valence-electron chi connectivity index (χ1n) is 14.4. The van der Waals surface area contributed by atoms with Crippen LogP contribution >= 0.6 is 24.8 Å². The van der Waals surface area contributed by atoms with Gasteiger partial charge >= 0.3 is 11.9 Å². The lowest BCUT2D eigenvalue weighted by atomic mass is 9.79. The van der Waals surface area contributed by atoms with Gasteiger partial charge in [0.25, 0.3) is 0 Å². The summed E-state index contributed by atoms with van der Waals surface area (Å²) in [6.45, 7) is 6.47. The summed E-state index contributed by atoms with van der Waals surface area (Å²) < 4.78 is 6.30. The van der Waals surface area contributed by atoms with Crippen LogP contribution in [0, 0.1) is 0 Å². The Morgan fingerprint density at radius 3 is 1.98 bits per heavy atom. The lowest BCUT2D eigenvalue weighted by molar-refractivity contribution is 0.0685. The summed E-state index contributed by atoms with van der Waals surface area (Å²) >= 11 is 0. The lowest BCUT2D eigenvalue weighted by Crippen LogP contribution is -2.31. The summed E-state index contributed by atoms with van der Waals surface area (Å²) in [5.41, 5.74) is 3.22. The number of carboxylic acid groups (broad SMARTS) is 2. The summed E-state index contributed by atoms with van der Waals surface area (Å²) in [7, 11) is 0. The van der Waals surface area contributed by atoms with E-state index in [1.54, 1.807) is 30.3 Å². The Bertz CT molecular complexity index is 1160. The van der Waals surface area contributed by atoms with Crippen molar-refractivity contribution in [3.8, 4) is 11.5 Å². The Kier molecular flexibility index (Phi) is 12.1. The molecular formula is C31H42Cl2N2O5. The second-order valence-electron chi connectivity index (χ2n) is 11.1. The predicted octanol–water partition coefficient (Wildman–Crippen LogP) is 6.85. The van der Waals surface area contributed by atoms with Gasteiger partial charge in [0.2, 0.25) is 0 Å². The molecule has 40 heavy (non-hydrogen) atoms. The minimum atomic E-state index is -0.966. The van der Waals surface area contributed by atoms with E-state index in [0.717, 1.165) is 75.2 Å². The van der Waals surface area contributed by atoms with Gasteiger partial charge in [-0.3, -0.25) is 0 Å². The van der Waals surface area contributed by atoms with E-state index in [1.165, 1.54) is 38.5 Å². The second kappa shape index (κ2) is 15.1. The van der Waals surface area contributed by atoms with Crippen molar-refractivity contribution in [1.82, 2.24) is 9.80 Å². The molecule has 2 fully saturated rings. The molecule has 2 N–H and O–H groups in total. The molecule has 0 bridgehead atoms. The first-order chi connectivity index (χ1) is 18.5. The van der Waals surface area contributed by atoms with Crippen LogP contribution in [0.2, 0.25) is 0 Å². The molecule has 7 nitrogen and oxygen atoms in total. The van der Waals surface area contributed by atoms with Crippen molar-refractivity contribution in [2.45, 2.75) is 70.1 Å². The van der Waals surface area contributed by atoms with Crippen LogP contribution in [0.3, 0.4) is 0 Å². The fourth-order valence-electron chi connectivity index (χ4n) is 6.57. The lowest BCUT2D eigenvalue weighted by Gasteiger charge is -2.33. The van der Waals surface area contributed by atoms with Crippen LogP contribution in [0.4, 0.5) is 0 Å². The van der Waals surface area contributed by atoms with E-state index in [4.69, 9.17) is 4.74 Å². The van der Waals surface area contributed by atoms with Gasteiger partial charge in [-0.15, -0.1) is 24.8 Å². The van der Waals surface area contributed by atoms with Crippen LogP contribution in [0.15, 0.2) is 30.3 Å². The van der Waals surface area contributed by atoms with Crippen LogP contribution in [-0.2, 0) is 6.42 Å². The van der Waals surface area contributed by atoms with Crippen LogP contribution in [0.5, 0.6) is 11.5 Å². The smallest absolute Gasteiger partial charge is 0.335 e. The number of hydrogen-bond donors (Lipinski definition) is 2. The molecular weight excluding hydrogens is 551 g/mol. The summed E-state index contributed by atoms with van der Waals surface area (Å²) in [6, 6.07) is 8.54. The quantitative estimate of drug-likeness (QED) is 0.312. The van der Waals surface area contributed by atoms with Crippen molar-refractivity contribution in [3.63, 3.8) is 0 Å². The molecule has 3 heterocycles. The number of hydrogen-bond acceptors (Lipinski definition) is 5. The molecule has 1 unspecified atom stereocenters. The van der Waals surface area contributed by atoms with Gasteiger partial charge in [-0.2, -0.15) is 0 Å². The van der Waals surface area contributed by atoms with E-state index >= 15 is 0 Å². The SMILES string of the molecule is Cl.Cl.O=C(O)c1ccc2c(c1)C(CCCN1CCCCC1)c1c(ccc(C(=O)O)c1CCCN1CCCCC1)O2. The van der Waals surface area contributed by atoms with E-state index in [-0.39, 0.29) is 36.3 Å². The van der Waals surface area contributed by atoms with Gasteiger partial charge in [0.05, 0.1) is 11.1 Å². The number of rotatable bonds is 10. The standard InChI is InChI=1S/C31H40N2O5.2ClH/c34-30(35)22-11-13-27-26(21-22)24(10-8-20-33-17-5-2-6-18-33)29-23(9-7-19-32-15-3-1-4-16-32)25(31(36)37)12-14-28(29)38-27;;/h11-14,21,24H,1-10,15-20H2,(H,34,35)(H,36,37);2*1H. The Morgan fingerprint density at radius 2 is 1.38 bits per heavy atom. The van der Waals surface area contributed by atoms with E-state index in [0.29, 0.717) is 23.5 Å². The maximum Gasteiger partial charge on any atom is 0.335 e. The molecule has 0 spiro atoms. The van der Waals surface area contributed by atoms with Gasteiger partial charge in [-0.25, -0.2) is 9.59 Å². The number of nitrogens with zero attached hydrogens (tertiary/aromatic N) is 2. The third kappa shape index (κ3) is 7.49. The molecule has 0 radical (unpaired) electrons. The molecule has 220 valence electrons. The molecule has 2 aromatic carbocycles. The van der Waals surface area contributed by atoms with Crippen LogP contribution < -0.4 is 4.74 Å². The highest BCUT2D eigenvalue weighted by Crippen LogP contribution is 2.49. The fraction of sp³-hybridized carbons (Fsp3) is 0.548. The number of likely N-dealkylation sites (tertiary alicyclic amines) is 2. The Labute approximate surface area is 249 Å². The Morgan fingerprint density at radius 1 is 0.775 bits per heavy atom. The highest BCUT2D eigenvalue weighted by molar-refractivity contribution is 5.91. The molecule has 1 atom stereocenters. The van der Waals surface area contributed by atoms with Gasteiger partial charge < -0.3 is 24.7 Å². The first kappa shape index (κ1) is 32.2. The highest BCUT2D eigenvalue weighted by Gasteiger charge is 2.32. The zero-order chi connectivity index (χ0) is 26.5. The third-order valence-electron chi connectivity index (χ3n) is 8.51. The summed E-state index contributed by atoms with van der Waals surface area (Å²) in [5, 5.41) is 19.8. The van der Waals surface area contributed by atoms with Crippen molar-refractivity contribution in [3.05, 3.63) is 58.1 Å². The second-order valence-corrected chi connectivity index (χ2v) is 11.1. The monoisotopic (exact) mass is 592 g/mol. The van der Waals surface area contributed by atoms with Crippen LogP contribution in [0.1, 0.15) is 101 Å². The number of piperidine rings is 2. The maximum absolute atomic E-state index is 12.4. The molecule has 0 amide bonds. The van der Waals surface area contributed by atoms with Crippen molar-refractivity contribution in [1.29, 1.82) is 0 Å². The highest BCUT2D eigenvalue weighted by atomic mass is 35.5. The van der Waals surface area contributed by atoms with Crippen LogP contribution in [-0.4, -0.2) is 71.2 Å². The number of carboxylic acids is 2. The molecule has 9 heteroatoms. The van der Waals surface area contributed by atoms with Crippen molar-refractivity contribution < 1.29 is 24.5 Å². The van der Waals surface area contributed by atoms with E-state index in [9.17, 15) is 19.8 Å². The number of ether oxygens (including phenoxy) is 1. The molecule has 3 aliphatic rings. The number of aromatic carboxylic acids is 2. The predicted molar refractivity (Wildman–Crippen MR) is 161 cm³/mol. The van der Waals surface area contributed by atoms with Gasteiger partial charge in [0.15, 0.2) is 0 Å². The van der Waals surface area contributed by atoms with Gasteiger partial charge in [0, 0.05) is 17.0 Å². The molecule has 3 aliphatic heterocycles. The molecule has 2 saturated heterocycles. The summed E-state index contributed by atoms with van der Waals surface area (Å²) in [6.07, 6.45) is 10.9. The maximum atomic E-state index is 12.4. The van der Waals surface area contributed by atoms with Crippen LogP contribution in [0.25, 0.3) is 0 Å². The van der Waals surface area contributed by atoms with Gasteiger partial charge in [0.1, 0.15) is 11.5 Å². The largest absolute Gasteiger partial charge is 0.478 e. The van der Waals surface area contributed by atoms with E-state index in [2.05, 4.69) is 9.80 Å².